The molecule has 0 amide bonds. The van der Waals surface area contributed by atoms with Gasteiger partial charge in [-0.25, -0.2) is 0 Å². The van der Waals surface area contributed by atoms with E-state index < -0.39 is 0 Å². The minimum atomic E-state index is -0.333. The molecule has 1 aliphatic heterocycles. The van der Waals surface area contributed by atoms with Crippen LogP contribution >= 0.6 is 0 Å². The summed E-state index contributed by atoms with van der Waals surface area (Å²) >= 11 is 0. The highest BCUT2D eigenvalue weighted by molar-refractivity contribution is 5.44. The molecule has 0 radical (unpaired) electrons. The van der Waals surface area contributed by atoms with Crippen LogP contribution in [0.25, 0.3) is 0 Å². The van der Waals surface area contributed by atoms with Gasteiger partial charge in [-0.05, 0) is 38.4 Å². The fraction of sp³-hybridized carbons (Fsp3) is 0.500. The van der Waals surface area contributed by atoms with Crippen LogP contribution in [0.3, 0.4) is 0 Å². The fourth-order valence-electron chi connectivity index (χ4n) is 2.50. The molecule has 0 atom stereocenters. The normalized spacial score (nSPS) is 17.1. The van der Waals surface area contributed by atoms with E-state index in [1.165, 1.54) is 0 Å². The van der Waals surface area contributed by atoms with Crippen molar-refractivity contribution in [2.75, 3.05) is 13.1 Å². The van der Waals surface area contributed by atoms with Crippen LogP contribution in [-0.2, 0) is 6.54 Å². The minimum absolute atomic E-state index is 0.169. The molecule has 1 aliphatic rings. The molecule has 1 aromatic rings. The summed E-state index contributed by atoms with van der Waals surface area (Å²) in [4.78, 5) is 12.8. The second kappa shape index (κ2) is 5.81. The van der Waals surface area contributed by atoms with Gasteiger partial charge in [0, 0.05) is 24.1 Å². The molecule has 1 aromatic carbocycles. The van der Waals surface area contributed by atoms with Crippen LogP contribution in [0, 0.1) is 34.3 Å². The highest BCUT2D eigenvalue weighted by Gasteiger charge is 2.20. The number of hydrogen-bond acceptors (Lipinski definition) is 4. The van der Waals surface area contributed by atoms with E-state index in [4.69, 9.17) is 5.26 Å². The van der Waals surface area contributed by atoms with Crippen LogP contribution in [0.15, 0.2) is 18.2 Å². The zero-order chi connectivity index (χ0) is 13.8. The molecule has 0 unspecified atom stereocenters. The van der Waals surface area contributed by atoms with E-state index in [1.807, 2.05) is 6.07 Å². The van der Waals surface area contributed by atoms with Crippen molar-refractivity contribution in [1.29, 1.82) is 5.26 Å². The molecule has 0 spiro atoms. The predicted molar refractivity (Wildman–Crippen MR) is 71.4 cm³/mol. The molecule has 0 saturated carbocycles. The number of benzene rings is 1. The number of nitrogens with zero attached hydrogens (tertiary/aromatic N) is 3. The van der Waals surface area contributed by atoms with Gasteiger partial charge in [-0.15, -0.1) is 0 Å². The van der Waals surface area contributed by atoms with E-state index in [9.17, 15) is 10.1 Å². The Labute approximate surface area is 112 Å². The van der Waals surface area contributed by atoms with Crippen molar-refractivity contribution >= 4 is 5.69 Å². The second-order valence-electron chi connectivity index (χ2n) is 5.00. The average Bonchev–Trinajstić information content (AvgIpc) is 2.41. The molecule has 19 heavy (non-hydrogen) atoms. The summed E-state index contributed by atoms with van der Waals surface area (Å²) in [5.74, 6) is 0.169. The Bertz CT molecular complexity index is 514. The van der Waals surface area contributed by atoms with Crippen LogP contribution in [0.2, 0.25) is 0 Å². The third-order valence-corrected chi connectivity index (χ3v) is 3.78. The monoisotopic (exact) mass is 259 g/mol. The van der Waals surface area contributed by atoms with Gasteiger partial charge in [-0.1, -0.05) is 12.1 Å². The van der Waals surface area contributed by atoms with Crippen LogP contribution in [0.5, 0.6) is 0 Å². The highest BCUT2D eigenvalue weighted by Crippen LogP contribution is 2.24. The number of nitro benzene ring substituents is 1. The van der Waals surface area contributed by atoms with E-state index in [2.05, 4.69) is 11.0 Å². The third kappa shape index (κ3) is 3.09. The topological polar surface area (TPSA) is 70.2 Å². The Balaban J connectivity index is 2.06. The van der Waals surface area contributed by atoms with Crippen LogP contribution < -0.4 is 0 Å². The van der Waals surface area contributed by atoms with E-state index in [0.717, 1.165) is 43.6 Å². The van der Waals surface area contributed by atoms with Crippen LogP contribution in [-0.4, -0.2) is 22.9 Å². The molecule has 5 nitrogen and oxygen atoms in total. The van der Waals surface area contributed by atoms with Gasteiger partial charge in [0.05, 0.1) is 11.0 Å². The van der Waals surface area contributed by atoms with Crippen molar-refractivity contribution in [1.82, 2.24) is 4.90 Å². The first kappa shape index (κ1) is 13.5. The molecule has 0 N–H and O–H groups in total. The van der Waals surface area contributed by atoms with Crippen molar-refractivity contribution in [3.05, 3.63) is 39.4 Å². The number of likely N-dealkylation sites (tertiary alicyclic amines) is 1. The van der Waals surface area contributed by atoms with Gasteiger partial charge >= 0.3 is 0 Å². The van der Waals surface area contributed by atoms with Gasteiger partial charge in [0.2, 0.25) is 0 Å². The summed E-state index contributed by atoms with van der Waals surface area (Å²) in [6.07, 6.45) is 1.79. The molecule has 2 rings (SSSR count). The van der Waals surface area contributed by atoms with Gasteiger partial charge in [0.1, 0.15) is 0 Å². The second-order valence-corrected chi connectivity index (χ2v) is 5.00. The molecule has 0 aliphatic carbocycles. The standard InChI is InChI=1S/C14H17N3O2/c1-11-13(3-2-4-14(11)17(18)19)10-16-7-5-12(9-15)6-8-16/h2-4,12H,5-8,10H2,1H3. The van der Waals surface area contributed by atoms with Gasteiger partial charge in [0.15, 0.2) is 0 Å². The molecule has 0 bridgehead atoms. The lowest BCUT2D eigenvalue weighted by molar-refractivity contribution is -0.385. The molecule has 100 valence electrons. The summed E-state index contributed by atoms with van der Waals surface area (Å²) in [6, 6.07) is 7.53. The maximum absolute atomic E-state index is 10.9. The Hall–Kier alpha value is -1.93. The first-order valence-corrected chi connectivity index (χ1v) is 6.46. The van der Waals surface area contributed by atoms with Crippen molar-refractivity contribution < 1.29 is 4.92 Å². The van der Waals surface area contributed by atoms with Gasteiger partial charge < -0.3 is 0 Å². The summed E-state index contributed by atoms with van der Waals surface area (Å²) in [5.41, 5.74) is 1.93. The zero-order valence-electron chi connectivity index (χ0n) is 11.0. The minimum Gasteiger partial charge on any atom is -0.299 e. The lowest BCUT2D eigenvalue weighted by Gasteiger charge is -2.29. The molecule has 1 fully saturated rings. The largest absolute Gasteiger partial charge is 0.299 e. The number of nitro groups is 1. The van der Waals surface area contributed by atoms with Gasteiger partial charge in [0.25, 0.3) is 5.69 Å². The molecule has 5 heteroatoms. The first-order chi connectivity index (χ1) is 9.11. The average molecular weight is 259 g/mol. The summed E-state index contributed by atoms with van der Waals surface area (Å²) in [5, 5.41) is 19.8. The van der Waals surface area contributed by atoms with Crippen LogP contribution in [0.1, 0.15) is 24.0 Å². The van der Waals surface area contributed by atoms with Gasteiger partial charge in [-0.2, -0.15) is 5.26 Å². The smallest absolute Gasteiger partial charge is 0.272 e. The number of nitriles is 1. The quantitative estimate of drug-likeness (QED) is 0.618. The Morgan fingerprint density at radius 3 is 2.74 bits per heavy atom. The first-order valence-electron chi connectivity index (χ1n) is 6.46. The highest BCUT2D eigenvalue weighted by atomic mass is 16.6. The van der Waals surface area contributed by atoms with Gasteiger partial charge in [-0.3, -0.25) is 15.0 Å². The Morgan fingerprint density at radius 1 is 1.47 bits per heavy atom. The maximum Gasteiger partial charge on any atom is 0.272 e. The van der Waals surface area contributed by atoms with E-state index >= 15 is 0 Å². The summed E-state index contributed by atoms with van der Waals surface area (Å²) < 4.78 is 0. The van der Waals surface area contributed by atoms with Crippen molar-refractivity contribution in [2.24, 2.45) is 5.92 Å². The maximum atomic E-state index is 10.9. The van der Waals surface area contributed by atoms with Crippen molar-refractivity contribution in [3.63, 3.8) is 0 Å². The van der Waals surface area contributed by atoms with Crippen molar-refractivity contribution in [2.45, 2.75) is 26.3 Å². The van der Waals surface area contributed by atoms with E-state index in [0.29, 0.717) is 0 Å². The zero-order valence-corrected chi connectivity index (χ0v) is 11.0. The summed E-state index contributed by atoms with van der Waals surface area (Å²) in [7, 11) is 0. The Morgan fingerprint density at radius 2 is 2.16 bits per heavy atom. The molecule has 1 heterocycles. The van der Waals surface area contributed by atoms with E-state index in [1.54, 1.807) is 19.1 Å². The van der Waals surface area contributed by atoms with Crippen molar-refractivity contribution in [3.8, 4) is 6.07 Å². The number of piperidine rings is 1. The number of hydrogen-bond donors (Lipinski definition) is 0. The molecular formula is C14H17N3O2. The SMILES string of the molecule is Cc1c(CN2CCC(C#N)CC2)cccc1[N+](=O)[O-]. The lowest BCUT2D eigenvalue weighted by atomic mass is 9.97. The van der Waals surface area contributed by atoms with Crippen LogP contribution in [0.4, 0.5) is 5.69 Å². The van der Waals surface area contributed by atoms with E-state index in [-0.39, 0.29) is 16.5 Å². The molecule has 0 aromatic heterocycles. The third-order valence-electron chi connectivity index (χ3n) is 3.78. The number of rotatable bonds is 3. The Kier molecular flexibility index (Phi) is 4.13. The molecule has 1 saturated heterocycles. The fourth-order valence-corrected chi connectivity index (χ4v) is 2.50. The predicted octanol–water partition coefficient (Wildman–Crippen LogP) is 2.64. The molecular weight excluding hydrogens is 242 g/mol. The lowest BCUT2D eigenvalue weighted by Crippen LogP contribution is -2.33. The summed E-state index contributed by atoms with van der Waals surface area (Å²) in [6.45, 7) is 4.31.